The Balaban J connectivity index is 2.15. The Morgan fingerprint density at radius 2 is 2.11 bits per heavy atom. The molecule has 0 saturated heterocycles. The third-order valence-electron chi connectivity index (χ3n) is 2.86. The predicted molar refractivity (Wildman–Crippen MR) is 66.0 cm³/mol. The van der Waals surface area contributed by atoms with Crippen LogP contribution in [0.3, 0.4) is 0 Å². The summed E-state index contributed by atoms with van der Waals surface area (Å²) in [5.74, 6) is -2.94. The topological polar surface area (TPSA) is 110 Å². The third-order valence-corrected chi connectivity index (χ3v) is 3.09. The number of nitrogens with one attached hydrogen (secondary N) is 1. The zero-order valence-electron chi connectivity index (χ0n) is 9.50. The molecule has 1 aliphatic rings. The molecule has 0 aromatic heterocycles. The Morgan fingerprint density at radius 3 is 2.63 bits per heavy atom. The lowest BCUT2D eigenvalue weighted by molar-refractivity contribution is -0.383. The van der Waals surface area contributed by atoms with Crippen LogP contribution in [0.4, 0.5) is 11.4 Å². The first-order valence-corrected chi connectivity index (χ1v) is 5.75. The molecule has 2 atom stereocenters. The number of hydrogen-bond acceptors (Lipinski definition) is 4. The van der Waals surface area contributed by atoms with Crippen LogP contribution >= 0.6 is 11.6 Å². The van der Waals surface area contributed by atoms with Crippen LogP contribution in [0, 0.1) is 22.0 Å². The summed E-state index contributed by atoms with van der Waals surface area (Å²) in [6, 6.07) is 3.78. The van der Waals surface area contributed by atoms with Gasteiger partial charge in [-0.3, -0.25) is 19.7 Å². The normalized spacial score (nSPS) is 20.7. The number of carboxylic acid groups (broad SMARTS) is 1. The molecule has 0 spiro atoms. The van der Waals surface area contributed by atoms with Crippen molar-refractivity contribution in [3.8, 4) is 0 Å². The van der Waals surface area contributed by atoms with Gasteiger partial charge < -0.3 is 10.4 Å². The number of benzene rings is 1. The molecule has 8 heteroatoms. The van der Waals surface area contributed by atoms with E-state index in [1.165, 1.54) is 18.2 Å². The lowest BCUT2D eigenvalue weighted by Gasteiger charge is -2.05. The molecular weight excluding hydrogens is 276 g/mol. The number of aliphatic carboxylic acids is 1. The summed E-state index contributed by atoms with van der Waals surface area (Å²) in [5, 5.41) is 22.1. The van der Waals surface area contributed by atoms with Crippen LogP contribution in [0.25, 0.3) is 0 Å². The third kappa shape index (κ3) is 2.82. The van der Waals surface area contributed by atoms with E-state index in [9.17, 15) is 19.7 Å². The molecule has 100 valence electrons. The van der Waals surface area contributed by atoms with E-state index in [1.54, 1.807) is 0 Å². The maximum Gasteiger partial charge on any atom is 0.307 e. The SMILES string of the molecule is O=C(O)C1CC1C(=O)Nc1cc(Cl)ccc1[N+](=O)[O-]. The Hall–Kier alpha value is -2.15. The van der Waals surface area contributed by atoms with Gasteiger partial charge in [0, 0.05) is 11.1 Å². The maximum absolute atomic E-state index is 11.7. The fraction of sp³-hybridized carbons (Fsp3) is 0.273. The van der Waals surface area contributed by atoms with Gasteiger partial charge in [-0.1, -0.05) is 11.6 Å². The molecule has 7 nitrogen and oxygen atoms in total. The largest absolute Gasteiger partial charge is 0.481 e. The summed E-state index contributed by atoms with van der Waals surface area (Å²) < 4.78 is 0. The van der Waals surface area contributed by atoms with Crippen LogP contribution in [0.15, 0.2) is 18.2 Å². The highest BCUT2D eigenvalue weighted by Gasteiger charge is 2.48. The van der Waals surface area contributed by atoms with Gasteiger partial charge in [0.05, 0.1) is 16.8 Å². The van der Waals surface area contributed by atoms with Crippen molar-refractivity contribution >= 4 is 34.9 Å². The van der Waals surface area contributed by atoms with Gasteiger partial charge in [0.25, 0.3) is 5.69 Å². The zero-order chi connectivity index (χ0) is 14.2. The molecule has 2 rings (SSSR count). The van der Waals surface area contributed by atoms with Crippen molar-refractivity contribution in [1.29, 1.82) is 0 Å². The molecule has 1 aromatic rings. The molecule has 1 fully saturated rings. The molecule has 1 aromatic carbocycles. The molecule has 0 bridgehead atoms. The van der Waals surface area contributed by atoms with Crippen LogP contribution < -0.4 is 5.32 Å². The molecule has 1 aliphatic carbocycles. The Labute approximate surface area is 112 Å². The summed E-state index contributed by atoms with van der Waals surface area (Å²) in [4.78, 5) is 32.5. The number of amides is 1. The maximum atomic E-state index is 11.7. The van der Waals surface area contributed by atoms with Gasteiger partial charge in [-0.15, -0.1) is 0 Å². The van der Waals surface area contributed by atoms with E-state index in [4.69, 9.17) is 16.7 Å². The lowest BCUT2D eigenvalue weighted by atomic mass is 10.2. The fourth-order valence-corrected chi connectivity index (χ4v) is 1.92. The molecular formula is C11H9ClN2O5. The Morgan fingerprint density at radius 1 is 1.42 bits per heavy atom. The van der Waals surface area contributed by atoms with Crippen LogP contribution in [0.2, 0.25) is 5.02 Å². The minimum Gasteiger partial charge on any atom is -0.481 e. The summed E-state index contributed by atoms with van der Waals surface area (Å²) in [6.07, 6.45) is 0.246. The number of nitro benzene ring substituents is 1. The molecule has 1 amide bonds. The minimum atomic E-state index is -1.04. The van der Waals surface area contributed by atoms with Gasteiger partial charge >= 0.3 is 5.97 Å². The number of nitrogens with zero attached hydrogens (tertiary/aromatic N) is 1. The quantitative estimate of drug-likeness (QED) is 0.648. The average molecular weight is 285 g/mol. The van der Waals surface area contributed by atoms with Gasteiger partial charge in [0.1, 0.15) is 5.69 Å². The van der Waals surface area contributed by atoms with E-state index in [-0.39, 0.29) is 22.8 Å². The van der Waals surface area contributed by atoms with E-state index in [2.05, 4.69) is 5.32 Å². The highest BCUT2D eigenvalue weighted by Crippen LogP contribution is 2.40. The van der Waals surface area contributed by atoms with Crippen molar-refractivity contribution in [3.63, 3.8) is 0 Å². The number of nitro groups is 1. The van der Waals surface area contributed by atoms with Crippen molar-refractivity contribution < 1.29 is 19.6 Å². The molecule has 19 heavy (non-hydrogen) atoms. The lowest BCUT2D eigenvalue weighted by Crippen LogP contribution is -2.17. The average Bonchev–Trinajstić information content (AvgIpc) is 3.08. The molecule has 2 N–H and O–H groups in total. The van der Waals surface area contributed by atoms with Crippen molar-refractivity contribution in [2.45, 2.75) is 6.42 Å². The number of carbonyl (C=O) groups is 2. The van der Waals surface area contributed by atoms with Crippen LogP contribution in [0.5, 0.6) is 0 Å². The van der Waals surface area contributed by atoms with Crippen LogP contribution in [-0.4, -0.2) is 21.9 Å². The number of carbonyl (C=O) groups excluding carboxylic acids is 1. The number of rotatable bonds is 4. The highest BCUT2D eigenvalue weighted by molar-refractivity contribution is 6.31. The Bertz CT molecular complexity index is 574. The highest BCUT2D eigenvalue weighted by atomic mass is 35.5. The fourth-order valence-electron chi connectivity index (χ4n) is 1.75. The number of carboxylic acids is 1. The number of anilines is 1. The molecule has 2 unspecified atom stereocenters. The van der Waals surface area contributed by atoms with Gasteiger partial charge in [-0.25, -0.2) is 0 Å². The smallest absolute Gasteiger partial charge is 0.307 e. The van der Waals surface area contributed by atoms with Crippen LogP contribution in [-0.2, 0) is 9.59 Å². The zero-order valence-corrected chi connectivity index (χ0v) is 10.3. The van der Waals surface area contributed by atoms with E-state index in [0.717, 1.165) is 0 Å². The first-order chi connectivity index (χ1) is 8.90. The van der Waals surface area contributed by atoms with E-state index in [1.807, 2.05) is 0 Å². The van der Waals surface area contributed by atoms with Crippen molar-refractivity contribution in [2.24, 2.45) is 11.8 Å². The molecule has 0 heterocycles. The summed E-state index contributed by atoms with van der Waals surface area (Å²) in [6.45, 7) is 0. The van der Waals surface area contributed by atoms with E-state index in [0.29, 0.717) is 0 Å². The predicted octanol–water partition coefficient (Wildman–Crippen LogP) is 1.91. The molecule has 0 radical (unpaired) electrons. The second-order valence-corrected chi connectivity index (χ2v) is 4.63. The number of hydrogen-bond donors (Lipinski definition) is 2. The van der Waals surface area contributed by atoms with Crippen molar-refractivity contribution in [2.75, 3.05) is 5.32 Å². The molecule has 1 saturated carbocycles. The van der Waals surface area contributed by atoms with Gasteiger partial charge in [-0.2, -0.15) is 0 Å². The summed E-state index contributed by atoms with van der Waals surface area (Å²) >= 11 is 5.71. The second-order valence-electron chi connectivity index (χ2n) is 4.19. The summed E-state index contributed by atoms with van der Waals surface area (Å²) in [5.41, 5.74) is -0.316. The summed E-state index contributed by atoms with van der Waals surface area (Å²) in [7, 11) is 0. The number of halogens is 1. The van der Waals surface area contributed by atoms with Gasteiger partial charge in [0.15, 0.2) is 0 Å². The first-order valence-electron chi connectivity index (χ1n) is 5.37. The monoisotopic (exact) mass is 284 g/mol. The Kier molecular flexibility index (Phi) is 3.39. The van der Waals surface area contributed by atoms with Gasteiger partial charge in [0.2, 0.25) is 5.91 Å². The molecule has 0 aliphatic heterocycles. The second kappa shape index (κ2) is 4.85. The first kappa shape index (κ1) is 13.3. The van der Waals surface area contributed by atoms with Crippen molar-refractivity contribution in [3.05, 3.63) is 33.3 Å². The van der Waals surface area contributed by atoms with E-state index < -0.39 is 28.6 Å². The van der Waals surface area contributed by atoms with Crippen LogP contribution in [0.1, 0.15) is 6.42 Å². The van der Waals surface area contributed by atoms with E-state index >= 15 is 0 Å². The van der Waals surface area contributed by atoms with Gasteiger partial charge in [-0.05, 0) is 18.6 Å². The minimum absolute atomic E-state index is 0.0291. The standard InChI is InChI=1S/C11H9ClN2O5/c12-5-1-2-9(14(18)19)8(3-5)13-10(15)6-4-7(6)11(16)17/h1-3,6-7H,4H2,(H,13,15)(H,16,17). The van der Waals surface area contributed by atoms with Crippen molar-refractivity contribution in [1.82, 2.24) is 0 Å².